The van der Waals surface area contributed by atoms with Crippen LogP contribution in [0.15, 0.2) is 6.33 Å². The molecule has 0 aromatic carbocycles. The molecule has 0 bridgehead atoms. The minimum Gasteiger partial charge on any atom is -0.250 e. The van der Waals surface area contributed by atoms with E-state index < -0.39 is 0 Å². The molecule has 1 aliphatic rings. The largest absolute Gasteiger partial charge is 0.250 e. The van der Waals surface area contributed by atoms with Gasteiger partial charge >= 0.3 is 0 Å². The van der Waals surface area contributed by atoms with Crippen molar-refractivity contribution in [2.24, 2.45) is 5.92 Å². The molecule has 1 fully saturated rings. The molecule has 2 rings (SSSR count). The predicted octanol–water partition coefficient (Wildman–Crippen LogP) is 2.37. The summed E-state index contributed by atoms with van der Waals surface area (Å²) in [6.45, 7) is 6.61. The van der Waals surface area contributed by atoms with Crippen molar-refractivity contribution in [1.82, 2.24) is 14.8 Å². The zero-order valence-electron chi connectivity index (χ0n) is 8.57. The van der Waals surface area contributed by atoms with E-state index in [9.17, 15) is 0 Å². The molecule has 1 aromatic rings. The van der Waals surface area contributed by atoms with Crippen LogP contribution in [0.5, 0.6) is 0 Å². The van der Waals surface area contributed by atoms with Gasteiger partial charge in [-0.3, -0.25) is 0 Å². The molecular weight excluding hydrogens is 162 g/mol. The molecule has 1 aliphatic carbocycles. The highest BCUT2D eigenvalue weighted by atomic mass is 15.4. The first-order chi connectivity index (χ1) is 6.18. The molecule has 72 valence electrons. The third-order valence-corrected chi connectivity index (χ3v) is 2.85. The Morgan fingerprint density at radius 3 is 2.62 bits per heavy atom. The Kier molecular flexibility index (Phi) is 2.10. The fraction of sp³-hybridized carbons (Fsp3) is 0.800. The molecule has 0 radical (unpaired) electrons. The third-order valence-electron chi connectivity index (χ3n) is 2.85. The van der Waals surface area contributed by atoms with Gasteiger partial charge in [0.25, 0.3) is 0 Å². The second-order valence-corrected chi connectivity index (χ2v) is 4.35. The van der Waals surface area contributed by atoms with Crippen LogP contribution in [0.2, 0.25) is 0 Å². The lowest BCUT2D eigenvalue weighted by Gasteiger charge is -2.10. The van der Waals surface area contributed by atoms with Gasteiger partial charge in [0, 0.05) is 5.92 Å². The highest BCUT2D eigenvalue weighted by Gasteiger charge is 2.25. The van der Waals surface area contributed by atoms with Crippen molar-refractivity contribution in [3.05, 3.63) is 12.2 Å². The summed E-state index contributed by atoms with van der Waals surface area (Å²) in [6, 6.07) is 0.653. The van der Waals surface area contributed by atoms with Crippen molar-refractivity contribution < 1.29 is 0 Å². The molecule has 1 unspecified atom stereocenters. The van der Waals surface area contributed by atoms with Gasteiger partial charge in [-0.1, -0.05) is 20.8 Å². The third kappa shape index (κ3) is 1.74. The number of hydrogen-bond acceptors (Lipinski definition) is 2. The van der Waals surface area contributed by atoms with Crippen molar-refractivity contribution in [3.8, 4) is 0 Å². The Labute approximate surface area is 79.2 Å². The van der Waals surface area contributed by atoms with Gasteiger partial charge in [0.05, 0.1) is 6.04 Å². The Hall–Kier alpha value is -0.860. The Bertz CT molecular complexity index is 286. The van der Waals surface area contributed by atoms with Gasteiger partial charge < -0.3 is 0 Å². The Balaban J connectivity index is 2.11. The second kappa shape index (κ2) is 3.13. The van der Waals surface area contributed by atoms with E-state index in [1.807, 2.05) is 11.0 Å². The summed E-state index contributed by atoms with van der Waals surface area (Å²) in [5.41, 5.74) is 0. The van der Waals surface area contributed by atoms with Gasteiger partial charge in [0.1, 0.15) is 6.33 Å². The fourth-order valence-corrected chi connectivity index (χ4v) is 1.31. The summed E-state index contributed by atoms with van der Waals surface area (Å²) in [5.74, 6) is 2.09. The zero-order chi connectivity index (χ0) is 9.42. The van der Waals surface area contributed by atoms with E-state index in [-0.39, 0.29) is 0 Å². The molecule has 0 N–H and O–H groups in total. The van der Waals surface area contributed by atoms with E-state index >= 15 is 0 Å². The SMILES string of the molecule is CC(C)C(C)c1ncn(C2CC2)n1. The molecule has 3 nitrogen and oxygen atoms in total. The molecule has 1 atom stereocenters. The van der Waals surface area contributed by atoms with Crippen LogP contribution in [0.1, 0.15) is 51.4 Å². The average Bonchev–Trinajstić information content (AvgIpc) is 2.83. The van der Waals surface area contributed by atoms with E-state index in [0.717, 1.165) is 5.82 Å². The van der Waals surface area contributed by atoms with Crippen LogP contribution in [0.3, 0.4) is 0 Å². The number of rotatable bonds is 3. The van der Waals surface area contributed by atoms with Crippen LogP contribution in [-0.4, -0.2) is 14.8 Å². The molecule has 1 heterocycles. The van der Waals surface area contributed by atoms with E-state index in [4.69, 9.17) is 0 Å². The Morgan fingerprint density at radius 2 is 2.08 bits per heavy atom. The van der Waals surface area contributed by atoms with Crippen molar-refractivity contribution in [2.45, 2.75) is 45.6 Å². The standard InChI is InChI=1S/C10H17N3/c1-7(2)8(3)10-11-6-13(12-10)9-4-5-9/h6-9H,4-5H2,1-3H3. The molecular formula is C10H17N3. The van der Waals surface area contributed by atoms with E-state index in [1.165, 1.54) is 12.8 Å². The van der Waals surface area contributed by atoms with E-state index in [2.05, 4.69) is 30.9 Å². The van der Waals surface area contributed by atoms with Crippen molar-refractivity contribution in [2.75, 3.05) is 0 Å². The van der Waals surface area contributed by atoms with Gasteiger partial charge in [-0.25, -0.2) is 9.67 Å². The van der Waals surface area contributed by atoms with Gasteiger partial charge in [-0.2, -0.15) is 5.10 Å². The quantitative estimate of drug-likeness (QED) is 0.713. The number of hydrogen-bond donors (Lipinski definition) is 0. The molecule has 13 heavy (non-hydrogen) atoms. The van der Waals surface area contributed by atoms with Crippen LogP contribution in [0.4, 0.5) is 0 Å². The average molecular weight is 179 g/mol. The summed E-state index contributed by atoms with van der Waals surface area (Å²) in [7, 11) is 0. The fourth-order valence-electron chi connectivity index (χ4n) is 1.31. The second-order valence-electron chi connectivity index (χ2n) is 4.35. The maximum absolute atomic E-state index is 4.50. The van der Waals surface area contributed by atoms with Crippen molar-refractivity contribution >= 4 is 0 Å². The van der Waals surface area contributed by atoms with Crippen LogP contribution in [-0.2, 0) is 0 Å². The molecule has 0 saturated heterocycles. The number of aromatic nitrogens is 3. The lowest BCUT2D eigenvalue weighted by Crippen LogP contribution is -2.05. The monoisotopic (exact) mass is 179 g/mol. The predicted molar refractivity (Wildman–Crippen MR) is 51.5 cm³/mol. The highest BCUT2D eigenvalue weighted by Crippen LogP contribution is 2.34. The molecule has 1 aromatic heterocycles. The molecule has 0 amide bonds. The van der Waals surface area contributed by atoms with Crippen molar-refractivity contribution in [1.29, 1.82) is 0 Å². The molecule has 0 aliphatic heterocycles. The van der Waals surface area contributed by atoms with Crippen LogP contribution in [0.25, 0.3) is 0 Å². The first-order valence-corrected chi connectivity index (χ1v) is 5.09. The smallest absolute Gasteiger partial charge is 0.153 e. The minimum atomic E-state index is 0.472. The molecule has 1 saturated carbocycles. The van der Waals surface area contributed by atoms with Gasteiger partial charge in [0.2, 0.25) is 0 Å². The number of nitrogens with zero attached hydrogens (tertiary/aromatic N) is 3. The summed E-state index contributed by atoms with van der Waals surface area (Å²) in [4.78, 5) is 4.35. The summed E-state index contributed by atoms with van der Waals surface area (Å²) in [6.07, 6.45) is 4.43. The van der Waals surface area contributed by atoms with Crippen LogP contribution < -0.4 is 0 Å². The zero-order valence-corrected chi connectivity index (χ0v) is 8.57. The van der Waals surface area contributed by atoms with Crippen LogP contribution >= 0.6 is 0 Å². The first-order valence-electron chi connectivity index (χ1n) is 5.09. The van der Waals surface area contributed by atoms with Gasteiger partial charge in [-0.15, -0.1) is 0 Å². The Morgan fingerprint density at radius 1 is 1.38 bits per heavy atom. The highest BCUT2D eigenvalue weighted by molar-refractivity contribution is 4.95. The minimum absolute atomic E-state index is 0.472. The van der Waals surface area contributed by atoms with Crippen LogP contribution in [0, 0.1) is 5.92 Å². The first kappa shape index (κ1) is 8.73. The van der Waals surface area contributed by atoms with Gasteiger partial charge in [0.15, 0.2) is 5.82 Å². The van der Waals surface area contributed by atoms with Gasteiger partial charge in [-0.05, 0) is 18.8 Å². The maximum Gasteiger partial charge on any atom is 0.153 e. The maximum atomic E-state index is 4.50. The van der Waals surface area contributed by atoms with Crippen molar-refractivity contribution in [3.63, 3.8) is 0 Å². The summed E-state index contributed by atoms with van der Waals surface area (Å²) in [5, 5.41) is 4.50. The summed E-state index contributed by atoms with van der Waals surface area (Å²) >= 11 is 0. The summed E-state index contributed by atoms with van der Waals surface area (Å²) < 4.78 is 2.02. The molecule has 3 heteroatoms. The van der Waals surface area contributed by atoms with E-state index in [1.54, 1.807) is 0 Å². The van der Waals surface area contributed by atoms with E-state index in [0.29, 0.717) is 17.9 Å². The lowest BCUT2D eigenvalue weighted by atomic mass is 9.98. The topological polar surface area (TPSA) is 30.7 Å². The normalized spacial score (nSPS) is 19.4. The molecule has 0 spiro atoms. The lowest BCUT2D eigenvalue weighted by molar-refractivity contribution is 0.502.